The van der Waals surface area contributed by atoms with Gasteiger partial charge in [0.15, 0.2) is 0 Å². The van der Waals surface area contributed by atoms with Crippen molar-refractivity contribution in [3.05, 3.63) is 77.8 Å². The second kappa shape index (κ2) is 8.56. The first-order valence-electron chi connectivity index (χ1n) is 12.7. The average molecular weight is 519 g/mol. The van der Waals surface area contributed by atoms with Crippen LogP contribution in [0.15, 0.2) is 55.0 Å². The molecule has 0 spiro atoms. The van der Waals surface area contributed by atoms with Crippen LogP contribution in [-0.4, -0.2) is 42.1 Å². The van der Waals surface area contributed by atoms with Gasteiger partial charge in [-0.05, 0) is 49.3 Å². The minimum atomic E-state index is -2.95. The highest BCUT2D eigenvalue weighted by Gasteiger charge is 2.60. The zero-order valence-corrected chi connectivity index (χ0v) is 20.1. The monoisotopic (exact) mass is 518 g/mol. The fourth-order valence-electron chi connectivity index (χ4n) is 6.65. The number of aliphatic carboxylic acids is 1. The molecule has 0 amide bonds. The number of hydrogen-bond acceptors (Lipinski definition) is 6. The summed E-state index contributed by atoms with van der Waals surface area (Å²) < 4.78 is 32.8. The van der Waals surface area contributed by atoms with Crippen molar-refractivity contribution in [1.82, 2.24) is 19.4 Å². The number of benzene rings is 1. The molecular weight excluding hydrogens is 494 g/mol. The van der Waals surface area contributed by atoms with E-state index in [0.717, 1.165) is 35.5 Å². The smallest absolute Gasteiger partial charge is 0.387 e. The van der Waals surface area contributed by atoms with Crippen LogP contribution < -0.4 is 4.74 Å². The van der Waals surface area contributed by atoms with E-state index in [9.17, 15) is 23.8 Å². The number of pyridine rings is 1. The van der Waals surface area contributed by atoms with Gasteiger partial charge in [-0.25, -0.2) is 15.0 Å². The van der Waals surface area contributed by atoms with Gasteiger partial charge >= 0.3 is 12.6 Å². The fraction of sp³-hybridized carbons (Fsp3) is 0.357. The molecule has 0 bridgehead atoms. The van der Waals surface area contributed by atoms with Crippen LogP contribution in [0.4, 0.5) is 8.78 Å². The number of para-hydroxylation sites is 1. The van der Waals surface area contributed by atoms with Crippen LogP contribution in [0, 0.1) is 17.8 Å². The van der Waals surface area contributed by atoms with Gasteiger partial charge < -0.3 is 19.4 Å². The van der Waals surface area contributed by atoms with Gasteiger partial charge in [0.1, 0.15) is 17.2 Å². The SMILES string of the molecule is O=C(O)[C@H]1[C@@H]2C[C@H](c3ncc(-c4ccc5nc6c(n5c4)[C@@H](c4ccccc4OC(F)F)C[C@H]6O)cn3)C[C@@H]21. The molecule has 6 atom stereocenters. The highest BCUT2D eigenvalue weighted by Crippen LogP contribution is 2.61. The van der Waals surface area contributed by atoms with E-state index in [1.165, 1.54) is 6.07 Å². The van der Waals surface area contributed by atoms with E-state index >= 15 is 0 Å². The van der Waals surface area contributed by atoms with Gasteiger partial charge in [-0.15, -0.1) is 0 Å². The van der Waals surface area contributed by atoms with Crippen LogP contribution in [0.25, 0.3) is 16.8 Å². The predicted molar refractivity (Wildman–Crippen MR) is 131 cm³/mol. The fourth-order valence-corrected chi connectivity index (χ4v) is 6.65. The number of aromatic nitrogens is 4. The molecule has 3 aromatic heterocycles. The molecule has 3 heterocycles. The second-order valence-corrected chi connectivity index (χ2v) is 10.4. The van der Waals surface area contributed by atoms with Crippen LogP contribution in [0.2, 0.25) is 0 Å². The number of rotatable bonds is 6. The van der Waals surface area contributed by atoms with Crippen LogP contribution in [0.3, 0.4) is 0 Å². The van der Waals surface area contributed by atoms with Gasteiger partial charge in [0.05, 0.1) is 23.4 Å². The molecule has 2 saturated carbocycles. The lowest BCUT2D eigenvalue weighted by molar-refractivity contribution is -0.139. The first-order chi connectivity index (χ1) is 18.4. The first-order valence-corrected chi connectivity index (χ1v) is 12.7. The summed E-state index contributed by atoms with van der Waals surface area (Å²) in [4.78, 5) is 25.1. The summed E-state index contributed by atoms with van der Waals surface area (Å²) in [5.74, 6) is 0.225. The number of alkyl halides is 2. The Kier molecular flexibility index (Phi) is 5.23. The Bertz CT molecular complexity index is 1540. The van der Waals surface area contributed by atoms with Crippen LogP contribution in [0.1, 0.15) is 60.0 Å². The summed E-state index contributed by atoms with van der Waals surface area (Å²) in [6.45, 7) is -2.95. The molecule has 4 aromatic rings. The van der Waals surface area contributed by atoms with Crippen molar-refractivity contribution in [2.75, 3.05) is 0 Å². The molecule has 0 aliphatic heterocycles. The second-order valence-electron chi connectivity index (χ2n) is 10.4. The number of aliphatic hydroxyl groups excluding tert-OH is 1. The maximum Gasteiger partial charge on any atom is 0.387 e. The summed E-state index contributed by atoms with van der Waals surface area (Å²) in [7, 11) is 0. The molecule has 3 aliphatic carbocycles. The number of fused-ring (bicyclic) bond motifs is 4. The normalized spacial score (nSPS) is 27.5. The van der Waals surface area contributed by atoms with Crippen molar-refractivity contribution >= 4 is 11.6 Å². The van der Waals surface area contributed by atoms with E-state index in [0.29, 0.717) is 23.3 Å². The highest BCUT2D eigenvalue weighted by molar-refractivity contribution is 5.74. The van der Waals surface area contributed by atoms with Crippen molar-refractivity contribution in [3.63, 3.8) is 0 Å². The lowest BCUT2D eigenvalue weighted by Crippen LogP contribution is -2.09. The number of hydrogen-bond donors (Lipinski definition) is 2. The zero-order valence-electron chi connectivity index (χ0n) is 20.1. The van der Waals surface area contributed by atoms with Gasteiger partial charge in [-0.2, -0.15) is 8.78 Å². The maximum atomic E-state index is 13.1. The quantitative estimate of drug-likeness (QED) is 0.378. The Morgan fingerprint density at radius 2 is 1.76 bits per heavy atom. The average Bonchev–Trinajstić information content (AvgIpc) is 3.19. The molecule has 7 rings (SSSR count). The molecule has 1 aromatic carbocycles. The standard InChI is InChI=1S/C28H24F2N4O4/c29-28(30)38-21-4-2-1-3-16(21)19-9-20(35)24-25(19)34-12-13(5-6-22(34)33-24)15-10-31-26(32-11-15)14-7-17-18(8-14)23(17)27(36)37/h1-6,10-12,14,17-20,23,28,35H,7-9H2,(H,36,37)/t14-,17+,18-,19-,20-,23-/m1/s1. The Hall–Kier alpha value is -3.92. The van der Waals surface area contributed by atoms with Gasteiger partial charge in [0, 0.05) is 47.1 Å². The minimum Gasteiger partial charge on any atom is -0.481 e. The van der Waals surface area contributed by atoms with Crippen molar-refractivity contribution < 1.29 is 28.5 Å². The van der Waals surface area contributed by atoms with Gasteiger partial charge in [-0.1, -0.05) is 18.2 Å². The third kappa shape index (κ3) is 3.65. The van der Waals surface area contributed by atoms with Crippen LogP contribution in [-0.2, 0) is 4.79 Å². The lowest BCUT2D eigenvalue weighted by Gasteiger charge is -2.17. The number of nitrogens with zero attached hydrogens (tertiary/aromatic N) is 4. The summed E-state index contributed by atoms with van der Waals surface area (Å²) in [6, 6.07) is 10.4. The Labute approximate surface area is 216 Å². The molecule has 2 N–H and O–H groups in total. The van der Waals surface area contributed by atoms with E-state index in [-0.39, 0.29) is 35.3 Å². The summed E-state index contributed by atoms with van der Waals surface area (Å²) >= 11 is 0. The number of carboxylic acid groups (broad SMARTS) is 1. The lowest BCUT2D eigenvalue weighted by atomic mass is 9.95. The molecule has 10 heteroatoms. The van der Waals surface area contributed by atoms with Crippen molar-refractivity contribution in [1.29, 1.82) is 0 Å². The minimum absolute atomic E-state index is 0.0851. The van der Waals surface area contributed by atoms with E-state index < -0.39 is 18.7 Å². The van der Waals surface area contributed by atoms with Crippen molar-refractivity contribution in [3.8, 4) is 16.9 Å². The van der Waals surface area contributed by atoms with Gasteiger partial charge in [0.25, 0.3) is 0 Å². The molecule has 194 valence electrons. The highest BCUT2D eigenvalue weighted by atomic mass is 19.3. The molecular formula is C28H24F2N4O4. The van der Waals surface area contributed by atoms with E-state index in [1.807, 2.05) is 22.7 Å². The molecule has 3 aliphatic rings. The number of aliphatic hydroxyl groups is 1. The Balaban J connectivity index is 1.20. The Morgan fingerprint density at radius 3 is 2.47 bits per heavy atom. The molecule has 38 heavy (non-hydrogen) atoms. The van der Waals surface area contributed by atoms with Crippen LogP contribution >= 0.6 is 0 Å². The van der Waals surface area contributed by atoms with Gasteiger partial charge in [0.2, 0.25) is 0 Å². The first kappa shape index (κ1) is 23.2. The van der Waals surface area contributed by atoms with E-state index in [2.05, 4.69) is 15.0 Å². The molecule has 2 fully saturated rings. The van der Waals surface area contributed by atoms with Crippen molar-refractivity contribution in [2.24, 2.45) is 17.8 Å². The third-order valence-corrected chi connectivity index (χ3v) is 8.40. The van der Waals surface area contributed by atoms with E-state index in [1.54, 1.807) is 30.6 Å². The van der Waals surface area contributed by atoms with Crippen LogP contribution in [0.5, 0.6) is 5.75 Å². The molecule has 8 nitrogen and oxygen atoms in total. The largest absolute Gasteiger partial charge is 0.481 e. The topological polar surface area (TPSA) is 110 Å². The number of carboxylic acids is 1. The molecule has 0 radical (unpaired) electrons. The summed E-state index contributed by atoms with van der Waals surface area (Å²) in [5.41, 5.74) is 4.15. The predicted octanol–water partition coefficient (Wildman–Crippen LogP) is 4.79. The molecule has 0 unspecified atom stereocenters. The number of carbonyl (C=O) groups is 1. The van der Waals surface area contributed by atoms with Crippen molar-refractivity contribution in [2.45, 2.75) is 43.8 Å². The number of ether oxygens (including phenoxy) is 1. The zero-order chi connectivity index (χ0) is 26.1. The third-order valence-electron chi connectivity index (χ3n) is 8.40. The Morgan fingerprint density at radius 1 is 1.03 bits per heavy atom. The summed E-state index contributed by atoms with van der Waals surface area (Å²) in [5, 5.41) is 20.0. The summed E-state index contributed by atoms with van der Waals surface area (Å²) in [6.07, 6.45) is 6.58. The van der Waals surface area contributed by atoms with E-state index in [4.69, 9.17) is 4.74 Å². The van der Waals surface area contributed by atoms with Gasteiger partial charge in [-0.3, -0.25) is 4.79 Å². The molecule has 0 saturated heterocycles. The number of imidazole rings is 1. The maximum absolute atomic E-state index is 13.1. The number of halogens is 2.